The molecule has 1 fully saturated rings. The standard InChI is InChI=1S/C15H23N3O3/c1-5-11-6-10(7-14(16-2)17-11)15(19)18-8-12(20-3)13(9-18)21-4/h6-7,12-13H,5,8-9H2,1-4H3,(H,16,17). The lowest BCUT2D eigenvalue weighted by atomic mass is 10.1. The minimum absolute atomic E-state index is 0.00907. The molecule has 116 valence electrons. The molecule has 0 aromatic carbocycles. The summed E-state index contributed by atoms with van der Waals surface area (Å²) in [4.78, 5) is 18.9. The van der Waals surface area contributed by atoms with E-state index in [0.29, 0.717) is 24.5 Å². The first-order valence-corrected chi connectivity index (χ1v) is 7.16. The number of amides is 1. The van der Waals surface area contributed by atoms with Crippen LogP contribution in [0, 0.1) is 0 Å². The Morgan fingerprint density at radius 2 is 1.95 bits per heavy atom. The molecule has 0 spiro atoms. The number of nitrogens with one attached hydrogen (secondary N) is 1. The molecule has 0 bridgehead atoms. The minimum atomic E-state index is -0.0739. The van der Waals surface area contributed by atoms with Crippen molar-refractivity contribution < 1.29 is 14.3 Å². The van der Waals surface area contributed by atoms with Crippen LogP contribution >= 0.6 is 0 Å². The average Bonchev–Trinajstić information content (AvgIpc) is 2.96. The van der Waals surface area contributed by atoms with Crippen LogP contribution < -0.4 is 5.32 Å². The molecule has 0 aliphatic carbocycles. The van der Waals surface area contributed by atoms with Crippen LogP contribution in [-0.4, -0.2) is 62.4 Å². The number of nitrogens with zero attached hydrogens (tertiary/aromatic N) is 2. The number of anilines is 1. The molecule has 0 saturated carbocycles. The predicted octanol–water partition coefficient (Wildman–Crippen LogP) is 1.17. The maximum atomic E-state index is 12.7. The van der Waals surface area contributed by atoms with Crippen LogP contribution in [0.2, 0.25) is 0 Å². The van der Waals surface area contributed by atoms with Crippen LogP contribution in [0.25, 0.3) is 0 Å². The zero-order valence-electron chi connectivity index (χ0n) is 13.0. The molecule has 1 saturated heterocycles. The fourth-order valence-electron chi connectivity index (χ4n) is 2.57. The summed E-state index contributed by atoms with van der Waals surface area (Å²) >= 11 is 0. The van der Waals surface area contributed by atoms with Gasteiger partial charge in [0.2, 0.25) is 0 Å². The van der Waals surface area contributed by atoms with Gasteiger partial charge < -0.3 is 19.7 Å². The molecule has 1 amide bonds. The van der Waals surface area contributed by atoms with Crippen molar-refractivity contribution in [3.8, 4) is 0 Å². The van der Waals surface area contributed by atoms with Crippen molar-refractivity contribution >= 4 is 11.7 Å². The van der Waals surface area contributed by atoms with Crippen molar-refractivity contribution in [2.24, 2.45) is 0 Å². The van der Waals surface area contributed by atoms with Gasteiger partial charge in [0, 0.05) is 45.6 Å². The molecule has 1 N–H and O–H groups in total. The number of rotatable bonds is 5. The first kappa shape index (κ1) is 15.7. The Kier molecular flexibility index (Phi) is 5.14. The van der Waals surface area contributed by atoms with Crippen molar-refractivity contribution in [1.29, 1.82) is 0 Å². The normalized spacial score (nSPS) is 21.6. The van der Waals surface area contributed by atoms with Gasteiger partial charge in [0.05, 0.1) is 0 Å². The van der Waals surface area contributed by atoms with E-state index < -0.39 is 0 Å². The summed E-state index contributed by atoms with van der Waals surface area (Å²) in [6.07, 6.45) is 0.641. The summed E-state index contributed by atoms with van der Waals surface area (Å²) in [5.74, 6) is 0.702. The highest BCUT2D eigenvalue weighted by atomic mass is 16.5. The van der Waals surface area contributed by atoms with Crippen LogP contribution in [0.4, 0.5) is 5.82 Å². The van der Waals surface area contributed by atoms with E-state index in [2.05, 4.69) is 10.3 Å². The lowest BCUT2D eigenvalue weighted by Gasteiger charge is -2.17. The zero-order chi connectivity index (χ0) is 15.4. The summed E-state index contributed by atoms with van der Waals surface area (Å²) in [6.45, 7) is 3.12. The quantitative estimate of drug-likeness (QED) is 0.883. The third-order valence-electron chi connectivity index (χ3n) is 3.85. The van der Waals surface area contributed by atoms with Crippen LogP contribution in [0.15, 0.2) is 12.1 Å². The van der Waals surface area contributed by atoms with Gasteiger partial charge in [-0.2, -0.15) is 0 Å². The number of aromatic nitrogens is 1. The highest BCUT2D eigenvalue weighted by molar-refractivity contribution is 5.95. The Morgan fingerprint density at radius 3 is 2.43 bits per heavy atom. The van der Waals surface area contributed by atoms with E-state index in [1.54, 1.807) is 32.2 Å². The fraction of sp³-hybridized carbons (Fsp3) is 0.600. The molecule has 1 aromatic rings. The van der Waals surface area contributed by atoms with Gasteiger partial charge in [-0.3, -0.25) is 4.79 Å². The lowest BCUT2D eigenvalue weighted by Crippen LogP contribution is -2.30. The fourth-order valence-corrected chi connectivity index (χ4v) is 2.57. The van der Waals surface area contributed by atoms with Gasteiger partial charge in [-0.25, -0.2) is 4.98 Å². The Balaban J connectivity index is 2.20. The van der Waals surface area contributed by atoms with E-state index >= 15 is 0 Å². The highest BCUT2D eigenvalue weighted by Gasteiger charge is 2.36. The highest BCUT2D eigenvalue weighted by Crippen LogP contribution is 2.20. The first-order chi connectivity index (χ1) is 10.1. The third-order valence-corrected chi connectivity index (χ3v) is 3.85. The Morgan fingerprint density at radius 1 is 1.33 bits per heavy atom. The van der Waals surface area contributed by atoms with Gasteiger partial charge >= 0.3 is 0 Å². The molecule has 6 nitrogen and oxygen atoms in total. The molecule has 0 radical (unpaired) electrons. The molecule has 2 rings (SSSR count). The van der Waals surface area contributed by atoms with Gasteiger partial charge in [-0.05, 0) is 18.6 Å². The Labute approximate surface area is 125 Å². The van der Waals surface area contributed by atoms with Crippen molar-refractivity contribution in [2.45, 2.75) is 25.6 Å². The van der Waals surface area contributed by atoms with Gasteiger partial charge in [0.15, 0.2) is 0 Å². The van der Waals surface area contributed by atoms with E-state index in [9.17, 15) is 4.79 Å². The summed E-state index contributed by atoms with van der Waals surface area (Å²) in [5, 5.41) is 3.00. The van der Waals surface area contributed by atoms with Crippen molar-refractivity contribution in [2.75, 3.05) is 39.7 Å². The van der Waals surface area contributed by atoms with Crippen LogP contribution in [-0.2, 0) is 15.9 Å². The van der Waals surface area contributed by atoms with Gasteiger partial charge in [-0.15, -0.1) is 0 Å². The lowest BCUT2D eigenvalue weighted by molar-refractivity contribution is -0.00461. The molecule has 2 heterocycles. The summed E-state index contributed by atoms with van der Waals surface area (Å²) in [6, 6.07) is 3.63. The molecule has 21 heavy (non-hydrogen) atoms. The second-order valence-electron chi connectivity index (χ2n) is 5.09. The number of likely N-dealkylation sites (tertiary alicyclic amines) is 1. The van der Waals surface area contributed by atoms with Gasteiger partial charge in [0.1, 0.15) is 18.0 Å². The molecule has 2 unspecified atom stereocenters. The summed E-state index contributed by atoms with van der Waals surface area (Å²) in [7, 11) is 5.09. The molecular formula is C15H23N3O3. The predicted molar refractivity (Wildman–Crippen MR) is 80.7 cm³/mol. The number of hydrogen-bond donors (Lipinski definition) is 1. The number of methoxy groups -OCH3 is 2. The maximum Gasteiger partial charge on any atom is 0.254 e. The molecule has 2 atom stereocenters. The van der Waals surface area contributed by atoms with Gasteiger partial charge in [-0.1, -0.05) is 6.92 Å². The monoisotopic (exact) mass is 293 g/mol. The number of aryl methyl sites for hydroxylation is 1. The van der Waals surface area contributed by atoms with E-state index in [1.807, 2.05) is 13.0 Å². The third kappa shape index (κ3) is 3.33. The van der Waals surface area contributed by atoms with Crippen LogP contribution in [0.5, 0.6) is 0 Å². The molecule has 1 aliphatic rings. The second kappa shape index (κ2) is 6.87. The number of carbonyl (C=O) groups is 1. The first-order valence-electron chi connectivity index (χ1n) is 7.16. The Hall–Kier alpha value is -1.66. The maximum absolute atomic E-state index is 12.7. The van der Waals surface area contributed by atoms with Gasteiger partial charge in [0.25, 0.3) is 5.91 Å². The number of pyridine rings is 1. The largest absolute Gasteiger partial charge is 0.377 e. The van der Waals surface area contributed by atoms with Crippen molar-refractivity contribution in [3.05, 3.63) is 23.4 Å². The number of ether oxygens (including phenoxy) is 2. The number of carbonyl (C=O) groups excluding carboxylic acids is 1. The van der Waals surface area contributed by atoms with E-state index in [1.165, 1.54) is 0 Å². The SMILES string of the molecule is CCc1cc(C(=O)N2CC(OC)C(OC)C2)cc(NC)n1. The molecule has 1 aliphatic heterocycles. The second-order valence-corrected chi connectivity index (χ2v) is 5.09. The van der Waals surface area contributed by atoms with Crippen molar-refractivity contribution in [3.63, 3.8) is 0 Å². The molecule has 6 heteroatoms. The smallest absolute Gasteiger partial charge is 0.254 e. The Bertz CT molecular complexity index is 473. The van der Waals surface area contributed by atoms with E-state index in [4.69, 9.17) is 9.47 Å². The van der Waals surface area contributed by atoms with Crippen molar-refractivity contribution in [1.82, 2.24) is 9.88 Å². The average molecular weight is 293 g/mol. The zero-order valence-corrected chi connectivity index (χ0v) is 13.0. The summed E-state index contributed by atoms with van der Waals surface area (Å²) < 4.78 is 10.8. The molecular weight excluding hydrogens is 270 g/mol. The molecule has 1 aromatic heterocycles. The topological polar surface area (TPSA) is 63.7 Å². The number of hydrogen-bond acceptors (Lipinski definition) is 5. The summed E-state index contributed by atoms with van der Waals surface area (Å²) in [5.41, 5.74) is 1.55. The van der Waals surface area contributed by atoms with E-state index in [-0.39, 0.29) is 18.1 Å². The van der Waals surface area contributed by atoms with Crippen LogP contribution in [0.1, 0.15) is 23.0 Å². The van der Waals surface area contributed by atoms with E-state index in [0.717, 1.165) is 12.1 Å². The minimum Gasteiger partial charge on any atom is -0.377 e. The van der Waals surface area contributed by atoms with Crippen LogP contribution in [0.3, 0.4) is 0 Å².